The van der Waals surface area contributed by atoms with Gasteiger partial charge in [-0.3, -0.25) is 4.79 Å². The third-order valence-electron chi connectivity index (χ3n) is 3.09. The Morgan fingerprint density at radius 1 is 1.24 bits per heavy atom. The lowest BCUT2D eigenvalue weighted by atomic mass is 10.0. The molecule has 1 amide bonds. The van der Waals surface area contributed by atoms with Crippen LogP contribution in [0.3, 0.4) is 0 Å². The van der Waals surface area contributed by atoms with Crippen LogP contribution in [0, 0.1) is 11.3 Å². The van der Waals surface area contributed by atoms with Crippen molar-refractivity contribution >= 4 is 33.1 Å². The molecule has 0 spiro atoms. The molecule has 5 heteroatoms. The van der Waals surface area contributed by atoms with Crippen LogP contribution in [0.5, 0.6) is 0 Å². The van der Waals surface area contributed by atoms with E-state index in [1.165, 1.54) is 17.5 Å². The van der Waals surface area contributed by atoms with Gasteiger partial charge in [0.05, 0.1) is 12.6 Å². The first-order chi connectivity index (χ1) is 10.3. The molecule has 0 saturated carbocycles. The summed E-state index contributed by atoms with van der Waals surface area (Å²) in [4.78, 5) is 16.6. The van der Waals surface area contributed by atoms with E-state index < -0.39 is 0 Å². The van der Waals surface area contributed by atoms with Crippen molar-refractivity contribution in [3.8, 4) is 6.07 Å². The smallest absolute Gasteiger partial charge is 0.230 e. The lowest BCUT2D eigenvalue weighted by molar-refractivity contribution is -0.115. The maximum absolute atomic E-state index is 12.1. The Bertz CT molecular complexity index is 843. The highest BCUT2D eigenvalue weighted by molar-refractivity contribution is 7.16. The molecule has 0 aliphatic heterocycles. The van der Waals surface area contributed by atoms with Gasteiger partial charge >= 0.3 is 0 Å². The van der Waals surface area contributed by atoms with Crippen molar-refractivity contribution in [3.63, 3.8) is 0 Å². The molecule has 21 heavy (non-hydrogen) atoms. The topological polar surface area (TPSA) is 65.8 Å². The predicted molar refractivity (Wildman–Crippen MR) is 83.1 cm³/mol. The fourth-order valence-corrected chi connectivity index (χ4v) is 2.80. The molecule has 1 aromatic heterocycles. The number of benzene rings is 2. The highest BCUT2D eigenvalue weighted by Crippen LogP contribution is 2.20. The van der Waals surface area contributed by atoms with E-state index in [2.05, 4.69) is 10.3 Å². The van der Waals surface area contributed by atoms with E-state index in [4.69, 9.17) is 5.26 Å². The molecule has 4 nitrogen and oxygen atoms in total. The van der Waals surface area contributed by atoms with E-state index in [-0.39, 0.29) is 12.3 Å². The summed E-state index contributed by atoms with van der Waals surface area (Å²) in [5, 5.41) is 14.1. The second-order valence-electron chi connectivity index (χ2n) is 4.50. The molecule has 2 aromatic carbocycles. The number of nitriles is 1. The molecule has 0 unspecified atom stereocenters. The van der Waals surface area contributed by atoms with Gasteiger partial charge in [0.15, 0.2) is 5.13 Å². The lowest BCUT2D eigenvalue weighted by Gasteiger charge is -2.06. The number of fused-ring (bicyclic) bond motifs is 1. The van der Waals surface area contributed by atoms with Crippen LogP contribution < -0.4 is 5.32 Å². The maximum Gasteiger partial charge on any atom is 0.230 e. The molecule has 0 radical (unpaired) electrons. The Hall–Kier alpha value is -2.71. The molecule has 0 aliphatic rings. The number of rotatable bonds is 3. The first-order valence-electron chi connectivity index (χ1n) is 6.38. The van der Waals surface area contributed by atoms with Crippen LogP contribution in [0.1, 0.15) is 10.4 Å². The number of amides is 1. The van der Waals surface area contributed by atoms with E-state index in [1.54, 1.807) is 0 Å². The van der Waals surface area contributed by atoms with Crippen molar-refractivity contribution in [2.24, 2.45) is 0 Å². The fourth-order valence-electron chi connectivity index (χ4n) is 2.17. The van der Waals surface area contributed by atoms with Gasteiger partial charge in [0.2, 0.25) is 5.91 Å². The second-order valence-corrected chi connectivity index (χ2v) is 5.54. The monoisotopic (exact) mass is 293 g/mol. The number of hydrogen-bond donors (Lipinski definition) is 1. The zero-order valence-corrected chi connectivity index (χ0v) is 11.9. The summed E-state index contributed by atoms with van der Waals surface area (Å²) in [6.07, 6.45) is 1.74. The molecule has 3 rings (SSSR count). The van der Waals surface area contributed by atoms with Crippen LogP contribution in [-0.4, -0.2) is 10.9 Å². The SMILES string of the molecule is N#Cc1cnc(NC(=O)Cc2cccc3ccccc23)s1. The third kappa shape index (κ3) is 2.91. The van der Waals surface area contributed by atoms with Gasteiger partial charge in [-0.05, 0) is 16.3 Å². The standard InChI is InChI=1S/C16H11N3OS/c17-9-13-10-18-16(21-13)19-15(20)8-12-6-3-5-11-4-1-2-7-14(11)12/h1-7,10H,8H2,(H,18,19,20). The van der Waals surface area contributed by atoms with Gasteiger partial charge in [-0.2, -0.15) is 5.26 Å². The molecule has 3 aromatic rings. The molecule has 0 atom stereocenters. The minimum atomic E-state index is -0.134. The average molecular weight is 293 g/mol. The van der Waals surface area contributed by atoms with Gasteiger partial charge in [0, 0.05) is 0 Å². The molecule has 0 aliphatic carbocycles. The number of carbonyl (C=O) groups is 1. The Labute approximate surface area is 125 Å². The molecular weight excluding hydrogens is 282 g/mol. The van der Waals surface area contributed by atoms with Crippen LogP contribution in [-0.2, 0) is 11.2 Å². The van der Waals surface area contributed by atoms with Gasteiger partial charge in [0.25, 0.3) is 0 Å². The Morgan fingerprint density at radius 3 is 2.86 bits per heavy atom. The summed E-state index contributed by atoms with van der Waals surface area (Å²) in [6.45, 7) is 0. The lowest BCUT2D eigenvalue weighted by Crippen LogP contribution is -2.14. The van der Waals surface area contributed by atoms with Crippen molar-refractivity contribution in [3.05, 3.63) is 59.1 Å². The van der Waals surface area contributed by atoms with Crippen molar-refractivity contribution in [1.82, 2.24) is 4.98 Å². The van der Waals surface area contributed by atoms with Crippen molar-refractivity contribution in [2.75, 3.05) is 5.32 Å². The molecule has 1 N–H and O–H groups in total. The summed E-state index contributed by atoms with van der Waals surface area (Å²) in [5.41, 5.74) is 0.975. The quantitative estimate of drug-likeness (QED) is 0.805. The third-order valence-corrected chi connectivity index (χ3v) is 3.91. The highest BCUT2D eigenvalue weighted by atomic mass is 32.1. The number of aromatic nitrogens is 1. The van der Waals surface area contributed by atoms with Crippen LogP contribution in [0.4, 0.5) is 5.13 Å². The van der Waals surface area contributed by atoms with E-state index in [9.17, 15) is 4.79 Å². The van der Waals surface area contributed by atoms with Gasteiger partial charge in [-0.15, -0.1) is 0 Å². The van der Waals surface area contributed by atoms with Crippen LogP contribution >= 0.6 is 11.3 Å². The summed E-state index contributed by atoms with van der Waals surface area (Å²) in [6, 6.07) is 15.9. The average Bonchev–Trinajstić information content (AvgIpc) is 2.95. The number of nitrogens with one attached hydrogen (secondary N) is 1. The van der Waals surface area contributed by atoms with Gasteiger partial charge in [-0.1, -0.05) is 53.8 Å². The van der Waals surface area contributed by atoms with Crippen LogP contribution in [0.25, 0.3) is 10.8 Å². The molecule has 1 heterocycles. The number of anilines is 1. The molecule has 0 fully saturated rings. The first-order valence-corrected chi connectivity index (χ1v) is 7.20. The van der Waals surface area contributed by atoms with E-state index in [1.807, 2.05) is 48.5 Å². The van der Waals surface area contributed by atoms with E-state index >= 15 is 0 Å². The largest absolute Gasteiger partial charge is 0.302 e. The molecule has 0 saturated heterocycles. The first kappa shape index (κ1) is 13.3. The van der Waals surface area contributed by atoms with Gasteiger partial charge in [0.1, 0.15) is 10.9 Å². The van der Waals surface area contributed by atoms with Crippen molar-refractivity contribution < 1.29 is 4.79 Å². The van der Waals surface area contributed by atoms with Crippen molar-refractivity contribution in [2.45, 2.75) is 6.42 Å². The molecular formula is C16H11N3OS. The normalized spacial score (nSPS) is 10.2. The predicted octanol–water partition coefficient (Wildman–Crippen LogP) is 3.35. The Balaban J connectivity index is 1.79. The van der Waals surface area contributed by atoms with Gasteiger partial charge in [-0.25, -0.2) is 4.98 Å². The highest BCUT2D eigenvalue weighted by Gasteiger charge is 2.09. The molecule has 0 bridgehead atoms. The summed E-state index contributed by atoms with van der Waals surface area (Å²) < 4.78 is 0. The van der Waals surface area contributed by atoms with E-state index in [0.717, 1.165) is 16.3 Å². The van der Waals surface area contributed by atoms with Crippen LogP contribution in [0.15, 0.2) is 48.7 Å². The van der Waals surface area contributed by atoms with Gasteiger partial charge < -0.3 is 5.32 Å². The van der Waals surface area contributed by atoms with E-state index in [0.29, 0.717) is 10.0 Å². The zero-order chi connectivity index (χ0) is 14.7. The second kappa shape index (κ2) is 5.73. The number of nitrogens with zero attached hydrogens (tertiary/aromatic N) is 2. The minimum Gasteiger partial charge on any atom is -0.302 e. The van der Waals surface area contributed by atoms with Crippen LogP contribution in [0.2, 0.25) is 0 Å². The number of thiazole rings is 1. The maximum atomic E-state index is 12.1. The fraction of sp³-hybridized carbons (Fsp3) is 0.0625. The number of hydrogen-bond acceptors (Lipinski definition) is 4. The minimum absolute atomic E-state index is 0.134. The summed E-state index contributed by atoms with van der Waals surface area (Å²) in [5.74, 6) is -0.134. The number of carbonyl (C=O) groups excluding carboxylic acids is 1. The Kier molecular flexibility index (Phi) is 3.63. The summed E-state index contributed by atoms with van der Waals surface area (Å²) >= 11 is 1.17. The summed E-state index contributed by atoms with van der Waals surface area (Å²) in [7, 11) is 0. The zero-order valence-electron chi connectivity index (χ0n) is 11.0. The van der Waals surface area contributed by atoms with Crippen molar-refractivity contribution in [1.29, 1.82) is 5.26 Å². The Morgan fingerprint density at radius 2 is 2.05 bits per heavy atom. The molecule has 102 valence electrons.